The fourth-order valence-corrected chi connectivity index (χ4v) is 1.97. The third-order valence-corrected chi connectivity index (χ3v) is 3.00. The van der Waals surface area contributed by atoms with Gasteiger partial charge in [-0.25, -0.2) is 9.59 Å². The second-order valence-corrected chi connectivity index (χ2v) is 6.33. The molecule has 0 saturated carbocycles. The Morgan fingerprint density at radius 2 is 1.96 bits per heavy atom. The predicted molar refractivity (Wildman–Crippen MR) is 84.2 cm³/mol. The molecule has 1 aliphatic rings. The maximum atomic E-state index is 12.1. The molecule has 1 heterocycles. The van der Waals surface area contributed by atoms with Crippen LogP contribution >= 0.6 is 0 Å². The topological polar surface area (TPSA) is 122 Å². The average molecular weight is 350 g/mol. The van der Waals surface area contributed by atoms with E-state index in [1.165, 1.54) is 24.3 Å². The number of imide groups is 1. The van der Waals surface area contributed by atoms with Crippen molar-refractivity contribution in [2.75, 3.05) is 5.32 Å². The summed E-state index contributed by atoms with van der Waals surface area (Å²) < 4.78 is 5.10. The lowest BCUT2D eigenvalue weighted by molar-refractivity contribution is -0.175. The summed E-state index contributed by atoms with van der Waals surface area (Å²) in [7, 11) is 0. The largest absolute Gasteiger partial charge is 0.444 e. The highest BCUT2D eigenvalue weighted by atomic mass is 16.7. The number of benzene rings is 1. The molecule has 9 heteroatoms. The minimum absolute atomic E-state index is 0.00412. The van der Waals surface area contributed by atoms with Gasteiger partial charge in [0.15, 0.2) is 0 Å². The summed E-state index contributed by atoms with van der Waals surface area (Å²) in [5, 5.41) is 12.0. The Morgan fingerprint density at radius 1 is 1.28 bits per heavy atom. The molecular formula is C16H18N2O7. The first kappa shape index (κ1) is 18.4. The van der Waals surface area contributed by atoms with Gasteiger partial charge in [0.25, 0.3) is 11.8 Å². The number of ether oxygens (including phenoxy) is 1. The Kier molecular flexibility index (Phi) is 5.07. The number of hydroxylamine groups is 2. The number of hydrogen-bond acceptors (Lipinski definition) is 7. The number of nitrogens with one attached hydrogen (secondary N) is 1. The van der Waals surface area contributed by atoms with Crippen LogP contribution in [0.1, 0.15) is 37.6 Å². The second kappa shape index (κ2) is 6.89. The molecule has 2 N–H and O–H groups in total. The molecule has 1 aliphatic heterocycles. The summed E-state index contributed by atoms with van der Waals surface area (Å²) in [6, 6.07) is 5.68. The Morgan fingerprint density at radius 3 is 2.52 bits per heavy atom. The standard InChI is InChI=1S/C16H18N2O7/c1-16(2,3)24-15(23)17-10-6-4-5-9(7-10)14(22)25-18-12(20)8-11(19)13(18)21/h4-7,11,19H,8H2,1-3H3,(H,17,23). The van der Waals surface area contributed by atoms with Crippen LogP contribution in [0.25, 0.3) is 0 Å². The summed E-state index contributed by atoms with van der Waals surface area (Å²) >= 11 is 0. The van der Waals surface area contributed by atoms with Crippen molar-refractivity contribution in [1.29, 1.82) is 0 Å². The van der Waals surface area contributed by atoms with Crippen molar-refractivity contribution >= 4 is 29.6 Å². The second-order valence-electron chi connectivity index (χ2n) is 6.33. The lowest BCUT2D eigenvalue weighted by Gasteiger charge is -2.19. The minimum Gasteiger partial charge on any atom is -0.444 e. The summed E-state index contributed by atoms with van der Waals surface area (Å²) in [6.07, 6.45) is -2.65. The molecule has 1 atom stereocenters. The highest BCUT2D eigenvalue weighted by molar-refractivity contribution is 6.05. The number of aliphatic hydroxyl groups excluding tert-OH is 1. The van der Waals surface area contributed by atoms with Crippen LogP contribution in [0, 0.1) is 0 Å². The van der Waals surface area contributed by atoms with E-state index in [-0.39, 0.29) is 16.3 Å². The van der Waals surface area contributed by atoms with E-state index in [9.17, 15) is 24.3 Å². The Labute approximate surface area is 143 Å². The molecule has 0 aliphatic carbocycles. The number of amides is 3. The predicted octanol–water partition coefficient (Wildman–Crippen LogP) is 1.23. The lowest BCUT2D eigenvalue weighted by atomic mass is 10.2. The van der Waals surface area contributed by atoms with Crippen molar-refractivity contribution in [2.24, 2.45) is 0 Å². The molecule has 1 fully saturated rings. The van der Waals surface area contributed by atoms with Gasteiger partial charge in [0.05, 0.1) is 12.0 Å². The average Bonchev–Trinajstić information content (AvgIpc) is 2.72. The monoisotopic (exact) mass is 350 g/mol. The number of aliphatic hydroxyl groups is 1. The van der Waals surface area contributed by atoms with Gasteiger partial charge < -0.3 is 14.7 Å². The van der Waals surface area contributed by atoms with Gasteiger partial charge in [0.2, 0.25) is 0 Å². The molecule has 1 saturated heterocycles. The molecular weight excluding hydrogens is 332 g/mol. The van der Waals surface area contributed by atoms with E-state index in [2.05, 4.69) is 5.32 Å². The smallest absolute Gasteiger partial charge is 0.412 e. The number of anilines is 1. The molecule has 1 unspecified atom stereocenters. The molecule has 25 heavy (non-hydrogen) atoms. The van der Waals surface area contributed by atoms with Gasteiger partial charge in [-0.3, -0.25) is 14.9 Å². The molecule has 3 amide bonds. The number of nitrogens with zero attached hydrogens (tertiary/aromatic N) is 1. The minimum atomic E-state index is -1.51. The van der Waals surface area contributed by atoms with Crippen LogP contribution in [-0.2, 0) is 19.2 Å². The zero-order chi connectivity index (χ0) is 18.8. The van der Waals surface area contributed by atoms with E-state index in [0.29, 0.717) is 0 Å². The van der Waals surface area contributed by atoms with Crippen LogP contribution in [0.4, 0.5) is 10.5 Å². The fraction of sp³-hybridized carbons (Fsp3) is 0.375. The quantitative estimate of drug-likeness (QED) is 0.786. The van der Waals surface area contributed by atoms with Crippen LogP contribution in [0.3, 0.4) is 0 Å². The summed E-state index contributed by atoms with van der Waals surface area (Å²) in [6.45, 7) is 5.12. The van der Waals surface area contributed by atoms with Crippen LogP contribution in [0.5, 0.6) is 0 Å². The normalized spacial score (nSPS) is 17.4. The SMILES string of the molecule is CC(C)(C)OC(=O)Nc1cccc(C(=O)ON2C(=O)CC(O)C2=O)c1. The summed E-state index contributed by atoms with van der Waals surface area (Å²) in [5.74, 6) is -2.79. The van der Waals surface area contributed by atoms with E-state index in [1.54, 1.807) is 20.8 Å². The van der Waals surface area contributed by atoms with E-state index in [1.807, 2.05) is 0 Å². The van der Waals surface area contributed by atoms with Crippen molar-refractivity contribution in [3.8, 4) is 0 Å². The highest BCUT2D eigenvalue weighted by Crippen LogP contribution is 2.17. The molecule has 0 spiro atoms. The molecule has 1 aromatic carbocycles. The maximum Gasteiger partial charge on any atom is 0.412 e. The third-order valence-electron chi connectivity index (χ3n) is 3.00. The Bertz CT molecular complexity index is 723. The van der Waals surface area contributed by atoms with Gasteiger partial charge in [0.1, 0.15) is 11.7 Å². The van der Waals surface area contributed by atoms with Gasteiger partial charge >= 0.3 is 12.1 Å². The Hall–Kier alpha value is -2.94. The molecule has 0 bridgehead atoms. The van der Waals surface area contributed by atoms with E-state index in [0.717, 1.165) is 0 Å². The zero-order valence-corrected chi connectivity index (χ0v) is 13.9. The van der Waals surface area contributed by atoms with Crippen LogP contribution < -0.4 is 5.32 Å². The van der Waals surface area contributed by atoms with Crippen molar-refractivity contribution in [3.63, 3.8) is 0 Å². The van der Waals surface area contributed by atoms with Crippen molar-refractivity contribution < 1.29 is 33.9 Å². The first-order valence-electron chi connectivity index (χ1n) is 7.44. The van der Waals surface area contributed by atoms with Crippen molar-refractivity contribution in [1.82, 2.24) is 5.06 Å². The molecule has 2 rings (SSSR count). The highest BCUT2D eigenvalue weighted by Gasteiger charge is 2.40. The molecule has 0 radical (unpaired) electrons. The fourth-order valence-electron chi connectivity index (χ4n) is 1.97. The Balaban J connectivity index is 2.05. The van der Waals surface area contributed by atoms with Crippen LogP contribution in [0.2, 0.25) is 0 Å². The maximum absolute atomic E-state index is 12.1. The van der Waals surface area contributed by atoms with E-state index in [4.69, 9.17) is 9.57 Å². The van der Waals surface area contributed by atoms with Gasteiger partial charge in [0, 0.05) is 5.69 Å². The zero-order valence-electron chi connectivity index (χ0n) is 13.9. The first-order valence-corrected chi connectivity index (χ1v) is 7.44. The molecule has 134 valence electrons. The molecule has 9 nitrogen and oxygen atoms in total. The number of carbonyl (C=O) groups is 4. The summed E-state index contributed by atoms with van der Waals surface area (Å²) in [5.41, 5.74) is -0.420. The van der Waals surface area contributed by atoms with Gasteiger partial charge in [-0.2, -0.15) is 0 Å². The van der Waals surface area contributed by atoms with E-state index >= 15 is 0 Å². The van der Waals surface area contributed by atoms with Gasteiger partial charge in [-0.1, -0.05) is 11.1 Å². The lowest BCUT2D eigenvalue weighted by Crippen LogP contribution is -2.34. The third kappa shape index (κ3) is 4.77. The van der Waals surface area contributed by atoms with Crippen molar-refractivity contribution in [3.05, 3.63) is 29.8 Å². The number of hydrogen-bond donors (Lipinski definition) is 2. The van der Waals surface area contributed by atoms with Crippen molar-refractivity contribution in [2.45, 2.75) is 38.9 Å². The molecule has 0 aromatic heterocycles. The number of carbonyl (C=O) groups excluding carboxylic acids is 4. The molecule has 1 aromatic rings. The number of rotatable bonds is 3. The van der Waals surface area contributed by atoms with Gasteiger partial charge in [-0.15, -0.1) is 0 Å². The summed E-state index contributed by atoms with van der Waals surface area (Å²) in [4.78, 5) is 51.6. The van der Waals surface area contributed by atoms with Gasteiger partial charge in [-0.05, 0) is 39.0 Å². The van der Waals surface area contributed by atoms with Crippen LogP contribution in [-0.4, -0.2) is 45.8 Å². The van der Waals surface area contributed by atoms with E-state index < -0.39 is 42.0 Å². The van der Waals surface area contributed by atoms with Crippen LogP contribution in [0.15, 0.2) is 24.3 Å². The first-order chi connectivity index (χ1) is 11.6.